The zero-order chi connectivity index (χ0) is 20.4. The summed E-state index contributed by atoms with van der Waals surface area (Å²) in [6.45, 7) is 0. The molecule has 29 heavy (non-hydrogen) atoms. The van der Waals surface area contributed by atoms with Gasteiger partial charge in [0.25, 0.3) is 0 Å². The molecule has 0 atom stereocenters. The zero-order valence-electron chi connectivity index (χ0n) is 15.3. The second-order valence-electron chi connectivity index (χ2n) is 6.24. The van der Waals surface area contributed by atoms with E-state index in [0.717, 1.165) is 41.5 Å². The number of benzene rings is 1. The van der Waals surface area contributed by atoms with Gasteiger partial charge in [-0.3, -0.25) is 4.79 Å². The molecule has 2 heterocycles. The van der Waals surface area contributed by atoms with Crippen molar-refractivity contribution < 1.29 is 18.7 Å². The van der Waals surface area contributed by atoms with Crippen molar-refractivity contribution in [3.05, 3.63) is 46.1 Å². The maximum atomic E-state index is 13.1. The lowest BCUT2D eigenvalue weighted by atomic mass is 10.1. The molecule has 4 rings (SSSR count). The highest BCUT2D eigenvalue weighted by Crippen LogP contribution is 2.39. The summed E-state index contributed by atoms with van der Waals surface area (Å²) in [5, 5.41) is 15.1. The molecule has 0 radical (unpaired) electrons. The number of carbonyl (C=O) groups excluding carboxylic acids is 2. The molecule has 0 saturated heterocycles. The van der Waals surface area contributed by atoms with Crippen LogP contribution in [0, 0.1) is 5.82 Å². The first-order valence-corrected chi connectivity index (χ1v) is 10.6. The maximum Gasteiger partial charge on any atom is 0.341 e. The first kappa shape index (κ1) is 19.5. The summed E-state index contributed by atoms with van der Waals surface area (Å²) in [6.07, 6.45) is 2.72. The number of ether oxygens (including phenoxy) is 1. The Morgan fingerprint density at radius 1 is 1.31 bits per heavy atom. The van der Waals surface area contributed by atoms with Crippen LogP contribution in [-0.2, 0) is 22.4 Å². The lowest BCUT2D eigenvalue weighted by Crippen LogP contribution is -2.16. The van der Waals surface area contributed by atoms with Crippen LogP contribution in [0.25, 0.3) is 5.69 Å². The van der Waals surface area contributed by atoms with Gasteiger partial charge in [-0.05, 0) is 59.5 Å². The number of esters is 1. The van der Waals surface area contributed by atoms with Crippen LogP contribution in [0.2, 0.25) is 0 Å². The van der Waals surface area contributed by atoms with Crippen LogP contribution in [0.15, 0.2) is 29.4 Å². The second kappa shape index (κ2) is 8.29. The molecular formula is C18H16FN5O3S2. The van der Waals surface area contributed by atoms with E-state index in [1.165, 1.54) is 35.3 Å². The van der Waals surface area contributed by atoms with Crippen molar-refractivity contribution in [1.82, 2.24) is 20.2 Å². The van der Waals surface area contributed by atoms with E-state index in [4.69, 9.17) is 4.74 Å². The Bertz CT molecular complexity index is 1060. The number of anilines is 1. The van der Waals surface area contributed by atoms with Gasteiger partial charge in [0.2, 0.25) is 11.1 Å². The van der Waals surface area contributed by atoms with Crippen molar-refractivity contribution in [3.8, 4) is 5.69 Å². The summed E-state index contributed by atoms with van der Waals surface area (Å²) in [5.74, 6) is -1.04. The van der Waals surface area contributed by atoms with E-state index in [2.05, 4.69) is 20.8 Å². The highest BCUT2D eigenvalue weighted by Gasteiger charge is 2.28. The number of tetrazole rings is 1. The van der Waals surface area contributed by atoms with Crippen molar-refractivity contribution in [1.29, 1.82) is 0 Å². The van der Waals surface area contributed by atoms with Gasteiger partial charge >= 0.3 is 5.97 Å². The topological polar surface area (TPSA) is 99.0 Å². The van der Waals surface area contributed by atoms with E-state index in [-0.39, 0.29) is 17.5 Å². The summed E-state index contributed by atoms with van der Waals surface area (Å²) in [5.41, 5.74) is 2.02. The van der Waals surface area contributed by atoms with Gasteiger partial charge in [-0.2, -0.15) is 4.68 Å². The van der Waals surface area contributed by atoms with Crippen LogP contribution >= 0.6 is 23.1 Å². The number of halogens is 1. The molecule has 1 N–H and O–H groups in total. The normalized spacial score (nSPS) is 12.6. The molecule has 2 aromatic heterocycles. The third kappa shape index (κ3) is 4.01. The number of nitrogens with one attached hydrogen (secondary N) is 1. The van der Waals surface area contributed by atoms with Crippen LogP contribution in [0.5, 0.6) is 0 Å². The lowest BCUT2D eigenvalue weighted by Gasteiger charge is -2.07. The monoisotopic (exact) mass is 433 g/mol. The minimum atomic E-state index is -0.437. The number of hydrogen-bond donors (Lipinski definition) is 1. The Balaban J connectivity index is 1.45. The fourth-order valence-corrected chi connectivity index (χ4v) is 5.10. The highest BCUT2D eigenvalue weighted by molar-refractivity contribution is 7.99. The smallest absolute Gasteiger partial charge is 0.341 e. The van der Waals surface area contributed by atoms with Crippen molar-refractivity contribution in [2.45, 2.75) is 24.4 Å². The van der Waals surface area contributed by atoms with Gasteiger partial charge in [-0.15, -0.1) is 16.4 Å². The van der Waals surface area contributed by atoms with Crippen LogP contribution in [0.1, 0.15) is 27.2 Å². The SMILES string of the molecule is COC(=O)c1c(NC(=O)CSc2nnnn2-c2ccc(F)cc2)sc2c1CCC2. The maximum absolute atomic E-state index is 13.1. The number of thiophene rings is 1. The molecule has 1 aliphatic rings. The van der Waals surface area contributed by atoms with E-state index in [0.29, 0.717) is 21.4 Å². The molecule has 0 bridgehead atoms. The Morgan fingerprint density at radius 3 is 2.86 bits per heavy atom. The largest absolute Gasteiger partial charge is 0.465 e. The molecule has 1 aliphatic carbocycles. The Kier molecular flexibility index (Phi) is 5.58. The van der Waals surface area contributed by atoms with E-state index in [9.17, 15) is 14.0 Å². The van der Waals surface area contributed by atoms with Gasteiger partial charge in [-0.25, -0.2) is 9.18 Å². The third-order valence-electron chi connectivity index (χ3n) is 4.41. The van der Waals surface area contributed by atoms with Crippen molar-refractivity contribution in [2.75, 3.05) is 18.2 Å². The van der Waals surface area contributed by atoms with Gasteiger partial charge in [-0.1, -0.05) is 11.8 Å². The summed E-state index contributed by atoms with van der Waals surface area (Å²) in [7, 11) is 1.33. The number of carbonyl (C=O) groups is 2. The number of rotatable bonds is 6. The van der Waals surface area contributed by atoms with Gasteiger partial charge in [0.1, 0.15) is 10.8 Å². The minimum Gasteiger partial charge on any atom is -0.465 e. The number of fused-ring (bicyclic) bond motifs is 1. The van der Waals surface area contributed by atoms with Crippen molar-refractivity contribution in [3.63, 3.8) is 0 Å². The highest BCUT2D eigenvalue weighted by atomic mass is 32.2. The molecule has 0 unspecified atom stereocenters. The Morgan fingerprint density at radius 2 is 2.10 bits per heavy atom. The third-order valence-corrected chi connectivity index (χ3v) is 6.53. The van der Waals surface area contributed by atoms with Gasteiger partial charge in [0.15, 0.2) is 0 Å². The molecule has 0 aliphatic heterocycles. The van der Waals surface area contributed by atoms with Gasteiger partial charge < -0.3 is 10.1 Å². The standard InChI is InChI=1S/C18H16FN5O3S2/c1-27-17(26)15-12-3-2-4-13(12)29-16(15)20-14(25)9-28-18-21-22-23-24(18)11-7-5-10(19)6-8-11/h5-8H,2-4,9H2,1H3,(H,20,25). The van der Waals surface area contributed by atoms with Crippen LogP contribution < -0.4 is 5.32 Å². The molecule has 8 nitrogen and oxygen atoms in total. The average molecular weight is 433 g/mol. The number of thioether (sulfide) groups is 1. The lowest BCUT2D eigenvalue weighted by molar-refractivity contribution is -0.113. The molecule has 1 aromatic carbocycles. The predicted molar refractivity (Wildman–Crippen MR) is 106 cm³/mol. The van der Waals surface area contributed by atoms with Crippen LogP contribution in [0.4, 0.5) is 9.39 Å². The molecule has 0 spiro atoms. The molecule has 3 aromatic rings. The quantitative estimate of drug-likeness (QED) is 0.471. The zero-order valence-corrected chi connectivity index (χ0v) is 17.0. The van der Waals surface area contributed by atoms with E-state index < -0.39 is 5.97 Å². The molecule has 0 saturated carbocycles. The predicted octanol–water partition coefficient (Wildman–Crippen LogP) is 2.87. The molecular weight excluding hydrogens is 417 g/mol. The Hall–Kier alpha value is -2.79. The van der Waals surface area contributed by atoms with Gasteiger partial charge in [0.05, 0.1) is 24.1 Å². The number of methoxy groups -OCH3 is 1. The summed E-state index contributed by atoms with van der Waals surface area (Å²) in [4.78, 5) is 25.8. The molecule has 1 amide bonds. The van der Waals surface area contributed by atoms with E-state index in [1.807, 2.05) is 0 Å². The van der Waals surface area contributed by atoms with Crippen molar-refractivity contribution >= 4 is 40.0 Å². The first-order chi connectivity index (χ1) is 14.1. The Labute approximate surface area is 173 Å². The van der Waals surface area contributed by atoms with E-state index in [1.54, 1.807) is 12.1 Å². The number of hydrogen-bond acceptors (Lipinski definition) is 8. The molecule has 11 heteroatoms. The first-order valence-electron chi connectivity index (χ1n) is 8.76. The minimum absolute atomic E-state index is 0.0464. The number of amides is 1. The van der Waals surface area contributed by atoms with Crippen molar-refractivity contribution in [2.24, 2.45) is 0 Å². The van der Waals surface area contributed by atoms with Crippen LogP contribution in [0.3, 0.4) is 0 Å². The van der Waals surface area contributed by atoms with Gasteiger partial charge in [0, 0.05) is 4.88 Å². The van der Waals surface area contributed by atoms with Crippen LogP contribution in [-0.4, -0.2) is 44.9 Å². The average Bonchev–Trinajstić information content (AvgIpc) is 3.42. The summed E-state index contributed by atoms with van der Waals surface area (Å²) >= 11 is 2.56. The molecule has 0 fully saturated rings. The van der Waals surface area contributed by atoms with E-state index >= 15 is 0 Å². The number of nitrogens with zero attached hydrogens (tertiary/aromatic N) is 4. The number of aromatic nitrogens is 4. The summed E-state index contributed by atoms with van der Waals surface area (Å²) in [6, 6.07) is 5.71. The fourth-order valence-electron chi connectivity index (χ4n) is 3.12. The molecule has 150 valence electrons. The summed E-state index contributed by atoms with van der Waals surface area (Å²) < 4.78 is 19.4. The second-order valence-corrected chi connectivity index (χ2v) is 8.29. The number of aryl methyl sites for hydroxylation is 1. The fraction of sp³-hybridized carbons (Fsp3) is 0.278.